The second kappa shape index (κ2) is 4.50. The number of aryl methyl sites for hydroxylation is 1. The van der Waals surface area contributed by atoms with Crippen LogP contribution in [0.25, 0.3) is 0 Å². The van der Waals surface area contributed by atoms with Gasteiger partial charge < -0.3 is 4.74 Å². The number of hydrogen-bond donors (Lipinski definition) is 0. The number of rotatable bonds is 3. The largest absolute Gasteiger partial charge is 0.462 e. The van der Waals surface area contributed by atoms with Crippen molar-refractivity contribution >= 4 is 11.7 Å². The Morgan fingerprint density at radius 3 is 2.87 bits per heavy atom. The zero-order chi connectivity index (χ0) is 11.4. The average Bonchev–Trinajstić information content (AvgIpc) is 2.18. The Kier molecular flexibility index (Phi) is 3.33. The van der Waals surface area contributed by atoms with E-state index >= 15 is 0 Å². The van der Waals surface area contributed by atoms with E-state index in [4.69, 9.17) is 4.74 Å². The predicted molar refractivity (Wildman–Crippen MR) is 51.6 cm³/mol. The van der Waals surface area contributed by atoms with Crippen molar-refractivity contribution in [2.24, 2.45) is 0 Å². The molecule has 0 spiro atoms. The van der Waals surface area contributed by atoms with Gasteiger partial charge in [0, 0.05) is 12.3 Å². The van der Waals surface area contributed by atoms with Crippen molar-refractivity contribution in [2.75, 3.05) is 6.61 Å². The fraction of sp³-hybridized carbons (Fsp3) is 0.333. The molecule has 1 rings (SSSR count). The van der Waals surface area contributed by atoms with Crippen LogP contribution in [0.15, 0.2) is 12.3 Å². The van der Waals surface area contributed by atoms with Crippen molar-refractivity contribution in [3.63, 3.8) is 0 Å². The summed E-state index contributed by atoms with van der Waals surface area (Å²) in [6, 6.07) is 1.17. The minimum atomic E-state index is -0.604. The van der Waals surface area contributed by atoms with Gasteiger partial charge in [-0.2, -0.15) is 0 Å². The molecule has 6 heteroatoms. The maximum atomic E-state index is 11.2. The lowest BCUT2D eigenvalue weighted by Crippen LogP contribution is -2.06. The highest BCUT2D eigenvalue weighted by molar-refractivity contribution is 5.89. The zero-order valence-electron chi connectivity index (χ0n) is 8.39. The predicted octanol–water partition coefficient (Wildman–Crippen LogP) is 1.47. The molecule has 0 aliphatic rings. The molecule has 0 saturated carbocycles. The maximum absolute atomic E-state index is 11.2. The summed E-state index contributed by atoms with van der Waals surface area (Å²) >= 11 is 0. The van der Waals surface area contributed by atoms with Crippen molar-refractivity contribution in [3.8, 4) is 0 Å². The van der Waals surface area contributed by atoms with Gasteiger partial charge in [0.15, 0.2) is 0 Å². The highest BCUT2D eigenvalue weighted by atomic mass is 16.6. The normalized spacial score (nSPS) is 9.73. The molecule has 0 saturated heterocycles. The molecule has 0 aliphatic carbocycles. The van der Waals surface area contributed by atoms with E-state index in [0.717, 1.165) is 0 Å². The number of hydrogen-bond acceptors (Lipinski definition) is 5. The Morgan fingerprint density at radius 2 is 2.33 bits per heavy atom. The topological polar surface area (TPSA) is 82.3 Å². The molecule has 1 heterocycles. The number of carbonyl (C=O) groups excluding carboxylic acids is 1. The fourth-order valence-corrected chi connectivity index (χ4v) is 1.03. The summed E-state index contributed by atoms with van der Waals surface area (Å²) < 4.78 is 4.70. The van der Waals surface area contributed by atoms with E-state index in [1.165, 1.54) is 19.2 Å². The zero-order valence-corrected chi connectivity index (χ0v) is 8.39. The number of aromatic nitrogens is 1. The fourth-order valence-electron chi connectivity index (χ4n) is 1.03. The lowest BCUT2D eigenvalue weighted by atomic mass is 10.2. The molecule has 0 unspecified atom stereocenters. The third-order valence-electron chi connectivity index (χ3n) is 1.77. The number of pyridine rings is 1. The lowest BCUT2D eigenvalue weighted by Gasteiger charge is -2.01. The molecular weight excluding hydrogens is 200 g/mol. The molecule has 1 aromatic rings. The molecule has 15 heavy (non-hydrogen) atoms. The molecule has 0 atom stereocenters. The van der Waals surface area contributed by atoms with Crippen LogP contribution in [-0.4, -0.2) is 22.5 Å². The Morgan fingerprint density at radius 1 is 1.67 bits per heavy atom. The van der Waals surface area contributed by atoms with Crippen LogP contribution in [-0.2, 0) is 4.74 Å². The van der Waals surface area contributed by atoms with Crippen molar-refractivity contribution in [1.29, 1.82) is 0 Å². The van der Waals surface area contributed by atoms with Crippen molar-refractivity contribution < 1.29 is 14.5 Å². The Bertz CT molecular complexity index is 403. The number of nitrogens with zero attached hydrogens (tertiary/aromatic N) is 2. The molecule has 0 bridgehead atoms. The number of ether oxygens (including phenoxy) is 1. The van der Waals surface area contributed by atoms with Crippen molar-refractivity contribution in [2.45, 2.75) is 13.8 Å². The second-order valence-electron chi connectivity index (χ2n) is 2.81. The smallest absolute Gasteiger partial charge is 0.339 e. The molecule has 0 aliphatic heterocycles. The molecule has 6 nitrogen and oxygen atoms in total. The summed E-state index contributed by atoms with van der Waals surface area (Å²) in [4.78, 5) is 25.0. The van der Waals surface area contributed by atoms with Gasteiger partial charge in [0.25, 0.3) is 5.69 Å². The van der Waals surface area contributed by atoms with E-state index in [9.17, 15) is 14.9 Å². The van der Waals surface area contributed by atoms with Gasteiger partial charge in [-0.05, 0) is 13.8 Å². The first-order valence-corrected chi connectivity index (χ1v) is 4.34. The minimum absolute atomic E-state index is 0.0918. The van der Waals surface area contributed by atoms with E-state index in [0.29, 0.717) is 0 Å². The van der Waals surface area contributed by atoms with E-state index in [-0.39, 0.29) is 23.6 Å². The van der Waals surface area contributed by atoms with Gasteiger partial charge in [-0.25, -0.2) is 4.79 Å². The molecule has 0 aromatic carbocycles. The molecule has 0 radical (unpaired) electrons. The monoisotopic (exact) mass is 210 g/mol. The molecule has 80 valence electrons. The first kappa shape index (κ1) is 11.1. The van der Waals surface area contributed by atoms with Gasteiger partial charge in [-0.3, -0.25) is 15.1 Å². The number of esters is 1. The summed E-state index contributed by atoms with van der Waals surface area (Å²) in [6.45, 7) is 3.39. The van der Waals surface area contributed by atoms with E-state index in [2.05, 4.69) is 4.98 Å². The van der Waals surface area contributed by atoms with E-state index in [1.54, 1.807) is 6.92 Å². The number of nitro groups is 1. The quantitative estimate of drug-likeness (QED) is 0.428. The summed E-state index contributed by atoms with van der Waals surface area (Å²) in [7, 11) is 0. The lowest BCUT2D eigenvalue weighted by molar-refractivity contribution is -0.385. The van der Waals surface area contributed by atoms with Gasteiger partial charge >= 0.3 is 5.97 Å². The minimum Gasteiger partial charge on any atom is -0.462 e. The molecule has 0 amide bonds. The summed E-state index contributed by atoms with van der Waals surface area (Å²) in [5.74, 6) is -0.604. The Labute approximate surface area is 86.0 Å². The summed E-state index contributed by atoms with van der Waals surface area (Å²) in [5.41, 5.74) is 0.183. The Balaban J connectivity index is 3.07. The third kappa shape index (κ3) is 2.49. The van der Waals surface area contributed by atoms with Crippen LogP contribution >= 0.6 is 0 Å². The Hall–Kier alpha value is -1.98. The standard InChI is InChI=1S/C9H10N2O4/c1-3-15-9(12)7-4-8(11(13)14)6(2)10-5-7/h4-5H,3H2,1-2H3. The number of carbonyl (C=O) groups is 1. The van der Waals surface area contributed by atoms with E-state index in [1.807, 2.05) is 0 Å². The van der Waals surface area contributed by atoms with Gasteiger partial charge in [-0.1, -0.05) is 0 Å². The third-order valence-corrected chi connectivity index (χ3v) is 1.77. The maximum Gasteiger partial charge on any atom is 0.339 e. The SMILES string of the molecule is CCOC(=O)c1cnc(C)c([N+](=O)[O-])c1. The van der Waals surface area contributed by atoms with Crippen LogP contribution in [0.4, 0.5) is 5.69 Å². The van der Waals surface area contributed by atoms with Gasteiger partial charge in [0.05, 0.1) is 17.1 Å². The van der Waals surface area contributed by atoms with Gasteiger partial charge in [0.1, 0.15) is 5.69 Å². The van der Waals surface area contributed by atoms with Crippen LogP contribution < -0.4 is 0 Å². The molecule has 1 aromatic heterocycles. The highest BCUT2D eigenvalue weighted by Gasteiger charge is 2.16. The molecule has 0 fully saturated rings. The average molecular weight is 210 g/mol. The van der Waals surface area contributed by atoms with Crippen LogP contribution in [0.2, 0.25) is 0 Å². The van der Waals surface area contributed by atoms with Crippen LogP contribution in [0.5, 0.6) is 0 Å². The summed E-state index contributed by atoms with van der Waals surface area (Å²) in [6.07, 6.45) is 1.26. The molecule has 0 N–H and O–H groups in total. The van der Waals surface area contributed by atoms with E-state index < -0.39 is 10.9 Å². The summed E-state index contributed by atoms with van der Waals surface area (Å²) in [5, 5.41) is 10.6. The second-order valence-corrected chi connectivity index (χ2v) is 2.81. The van der Waals surface area contributed by atoms with Crippen molar-refractivity contribution in [1.82, 2.24) is 4.98 Å². The van der Waals surface area contributed by atoms with Crippen molar-refractivity contribution in [3.05, 3.63) is 33.6 Å². The van der Waals surface area contributed by atoms with Gasteiger partial charge in [-0.15, -0.1) is 0 Å². The van der Waals surface area contributed by atoms with Gasteiger partial charge in [0.2, 0.25) is 0 Å². The first-order valence-electron chi connectivity index (χ1n) is 4.34. The van der Waals surface area contributed by atoms with Crippen LogP contribution in [0.3, 0.4) is 0 Å². The van der Waals surface area contributed by atoms with Crippen LogP contribution in [0.1, 0.15) is 23.0 Å². The first-order chi connectivity index (χ1) is 7.06. The molecular formula is C9H10N2O4. The van der Waals surface area contributed by atoms with Crippen LogP contribution in [0, 0.1) is 17.0 Å². The highest BCUT2D eigenvalue weighted by Crippen LogP contribution is 2.17.